The standard InChI is InChI=1S/C16H11BrN2O2/c1-2-11-4-3-5-15(20)14(11)10-18-19-16(21)12-6-8-13(17)9-7-12/h1,3-10,20H,(H,19,21)/b18-10+. The second-order valence-corrected chi connectivity index (χ2v) is 5.00. The number of phenols is 1. The lowest BCUT2D eigenvalue weighted by Crippen LogP contribution is -2.17. The van der Waals surface area contributed by atoms with E-state index in [-0.39, 0.29) is 11.7 Å². The van der Waals surface area contributed by atoms with Gasteiger partial charge in [-0.2, -0.15) is 5.10 Å². The molecule has 4 nitrogen and oxygen atoms in total. The smallest absolute Gasteiger partial charge is 0.271 e. The van der Waals surface area contributed by atoms with Crippen molar-refractivity contribution in [3.8, 4) is 18.1 Å². The molecule has 0 saturated heterocycles. The van der Waals surface area contributed by atoms with Gasteiger partial charge in [-0.25, -0.2) is 5.43 Å². The number of nitrogens with one attached hydrogen (secondary N) is 1. The summed E-state index contributed by atoms with van der Waals surface area (Å²) in [7, 11) is 0. The number of carbonyl (C=O) groups excluding carboxylic acids is 1. The zero-order chi connectivity index (χ0) is 15.2. The van der Waals surface area contributed by atoms with Crippen molar-refractivity contribution in [1.82, 2.24) is 5.43 Å². The van der Waals surface area contributed by atoms with Gasteiger partial charge in [-0.3, -0.25) is 4.79 Å². The first-order valence-electron chi connectivity index (χ1n) is 5.99. The van der Waals surface area contributed by atoms with E-state index >= 15 is 0 Å². The third-order valence-corrected chi connectivity index (χ3v) is 3.23. The first-order chi connectivity index (χ1) is 10.1. The molecule has 0 aliphatic rings. The number of hydrogen-bond acceptors (Lipinski definition) is 3. The Balaban J connectivity index is 2.11. The van der Waals surface area contributed by atoms with Crippen LogP contribution in [0, 0.1) is 12.3 Å². The minimum absolute atomic E-state index is 0.00657. The molecule has 2 aromatic carbocycles. The van der Waals surface area contributed by atoms with Crippen LogP contribution in [0.3, 0.4) is 0 Å². The molecular formula is C16H11BrN2O2. The highest BCUT2D eigenvalue weighted by Gasteiger charge is 2.05. The lowest BCUT2D eigenvalue weighted by Gasteiger charge is -2.02. The Labute approximate surface area is 130 Å². The van der Waals surface area contributed by atoms with Crippen LogP contribution in [0.5, 0.6) is 5.75 Å². The Hall–Kier alpha value is -2.58. The molecule has 5 heteroatoms. The van der Waals surface area contributed by atoms with Crippen molar-refractivity contribution in [2.45, 2.75) is 0 Å². The predicted molar refractivity (Wildman–Crippen MR) is 85.2 cm³/mol. The molecule has 21 heavy (non-hydrogen) atoms. The summed E-state index contributed by atoms with van der Waals surface area (Å²) in [6.45, 7) is 0. The molecule has 2 aromatic rings. The molecule has 0 bridgehead atoms. The highest BCUT2D eigenvalue weighted by molar-refractivity contribution is 9.10. The average molecular weight is 343 g/mol. The lowest BCUT2D eigenvalue weighted by molar-refractivity contribution is 0.0955. The van der Waals surface area contributed by atoms with Crippen molar-refractivity contribution in [2.24, 2.45) is 5.10 Å². The van der Waals surface area contributed by atoms with Crippen LogP contribution in [0.15, 0.2) is 52.0 Å². The molecule has 1 amide bonds. The molecule has 0 spiro atoms. The Kier molecular flexibility index (Phi) is 4.75. The van der Waals surface area contributed by atoms with E-state index < -0.39 is 0 Å². The van der Waals surface area contributed by atoms with Crippen LogP contribution in [-0.4, -0.2) is 17.2 Å². The Morgan fingerprint density at radius 3 is 2.67 bits per heavy atom. The van der Waals surface area contributed by atoms with Gasteiger partial charge in [-0.1, -0.05) is 27.9 Å². The molecule has 0 aromatic heterocycles. The zero-order valence-electron chi connectivity index (χ0n) is 10.9. The van der Waals surface area contributed by atoms with Gasteiger partial charge < -0.3 is 5.11 Å². The highest BCUT2D eigenvalue weighted by atomic mass is 79.9. The summed E-state index contributed by atoms with van der Waals surface area (Å²) in [5.74, 6) is 2.10. The second-order valence-electron chi connectivity index (χ2n) is 4.09. The van der Waals surface area contributed by atoms with Crippen molar-refractivity contribution < 1.29 is 9.90 Å². The fourth-order valence-electron chi connectivity index (χ4n) is 1.64. The number of aromatic hydroxyl groups is 1. The summed E-state index contributed by atoms with van der Waals surface area (Å²) in [6.07, 6.45) is 6.66. The summed E-state index contributed by atoms with van der Waals surface area (Å²) in [5, 5.41) is 13.5. The number of nitrogens with zero attached hydrogens (tertiary/aromatic N) is 1. The summed E-state index contributed by atoms with van der Waals surface area (Å²) < 4.78 is 0.885. The van der Waals surface area contributed by atoms with Gasteiger partial charge in [0.2, 0.25) is 0 Å². The van der Waals surface area contributed by atoms with Crippen LogP contribution in [0.4, 0.5) is 0 Å². The van der Waals surface area contributed by atoms with E-state index in [2.05, 4.69) is 32.4 Å². The van der Waals surface area contributed by atoms with E-state index in [4.69, 9.17) is 6.42 Å². The first kappa shape index (κ1) is 14.8. The van der Waals surface area contributed by atoms with Gasteiger partial charge in [0, 0.05) is 15.6 Å². The van der Waals surface area contributed by atoms with Gasteiger partial charge >= 0.3 is 0 Å². The van der Waals surface area contributed by atoms with E-state index in [9.17, 15) is 9.90 Å². The summed E-state index contributed by atoms with van der Waals surface area (Å²) >= 11 is 3.29. The number of hydrazone groups is 1. The monoisotopic (exact) mass is 342 g/mol. The summed E-state index contributed by atoms with van der Waals surface area (Å²) in [6, 6.07) is 11.7. The van der Waals surface area contributed by atoms with E-state index in [0.717, 1.165) is 4.47 Å². The summed E-state index contributed by atoms with van der Waals surface area (Å²) in [4.78, 5) is 11.8. The van der Waals surface area contributed by atoms with Gasteiger partial charge in [-0.05, 0) is 36.4 Å². The first-order valence-corrected chi connectivity index (χ1v) is 6.78. The molecule has 0 saturated carbocycles. The zero-order valence-corrected chi connectivity index (χ0v) is 12.5. The van der Waals surface area contributed by atoms with Crippen LogP contribution in [0.2, 0.25) is 0 Å². The van der Waals surface area contributed by atoms with Crippen LogP contribution in [0.25, 0.3) is 0 Å². The number of halogens is 1. The van der Waals surface area contributed by atoms with Crippen LogP contribution in [0.1, 0.15) is 21.5 Å². The van der Waals surface area contributed by atoms with Crippen molar-refractivity contribution in [1.29, 1.82) is 0 Å². The van der Waals surface area contributed by atoms with Gasteiger partial charge in [0.25, 0.3) is 5.91 Å². The predicted octanol–water partition coefficient (Wildman–Crippen LogP) is 2.90. The molecular weight excluding hydrogens is 332 g/mol. The molecule has 2 N–H and O–H groups in total. The minimum Gasteiger partial charge on any atom is -0.507 e. The lowest BCUT2D eigenvalue weighted by atomic mass is 10.1. The molecule has 0 heterocycles. The fraction of sp³-hybridized carbons (Fsp3) is 0. The second kappa shape index (κ2) is 6.73. The minimum atomic E-state index is -0.351. The topological polar surface area (TPSA) is 61.7 Å². The van der Waals surface area contributed by atoms with Crippen molar-refractivity contribution >= 4 is 28.1 Å². The number of terminal acetylenes is 1. The number of hydrogen-bond donors (Lipinski definition) is 2. The third-order valence-electron chi connectivity index (χ3n) is 2.70. The molecule has 0 aliphatic heterocycles. The number of amides is 1. The van der Waals surface area contributed by atoms with E-state index in [1.807, 2.05) is 0 Å². The van der Waals surface area contributed by atoms with E-state index in [0.29, 0.717) is 16.7 Å². The number of phenolic OH excluding ortho intramolecular Hbond substituents is 1. The molecule has 0 unspecified atom stereocenters. The molecule has 0 fully saturated rings. The normalized spacial score (nSPS) is 10.3. The van der Waals surface area contributed by atoms with Gasteiger partial charge in [0.05, 0.1) is 11.8 Å². The van der Waals surface area contributed by atoms with E-state index in [1.54, 1.807) is 36.4 Å². The number of carbonyl (C=O) groups is 1. The van der Waals surface area contributed by atoms with Crippen LogP contribution < -0.4 is 5.43 Å². The third kappa shape index (κ3) is 3.71. The Bertz CT molecular complexity index is 731. The quantitative estimate of drug-likeness (QED) is 0.511. The maximum absolute atomic E-state index is 11.8. The molecule has 0 atom stereocenters. The number of rotatable bonds is 3. The van der Waals surface area contributed by atoms with E-state index in [1.165, 1.54) is 12.3 Å². The van der Waals surface area contributed by atoms with Crippen molar-refractivity contribution in [3.63, 3.8) is 0 Å². The van der Waals surface area contributed by atoms with Gasteiger partial charge in [0.1, 0.15) is 5.75 Å². The largest absolute Gasteiger partial charge is 0.507 e. The fourth-order valence-corrected chi connectivity index (χ4v) is 1.90. The van der Waals surface area contributed by atoms with Crippen molar-refractivity contribution in [2.75, 3.05) is 0 Å². The number of benzene rings is 2. The average Bonchev–Trinajstić information content (AvgIpc) is 2.49. The Morgan fingerprint density at radius 1 is 1.29 bits per heavy atom. The Morgan fingerprint density at radius 2 is 2.00 bits per heavy atom. The van der Waals surface area contributed by atoms with Crippen LogP contribution in [-0.2, 0) is 0 Å². The highest BCUT2D eigenvalue weighted by Crippen LogP contribution is 2.18. The van der Waals surface area contributed by atoms with Crippen LogP contribution >= 0.6 is 15.9 Å². The molecule has 2 rings (SSSR count). The molecule has 104 valence electrons. The van der Waals surface area contributed by atoms with Gasteiger partial charge in [0.15, 0.2) is 0 Å². The summed E-state index contributed by atoms with van der Waals surface area (Å²) in [5.41, 5.74) is 3.74. The maximum atomic E-state index is 11.8. The SMILES string of the molecule is C#Cc1cccc(O)c1/C=N/NC(=O)c1ccc(Br)cc1. The maximum Gasteiger partial charge on any atom is 0.271 e. The van der Waals surface area contributed by atoms with Gasteiger partial charge in [-0.15, -0.1) is 6.42 Å². The molecule has 0 aliphatic carbocycles. The molecule has 0 radical (unpaired) electrons. The van der Waals surface area contributed by atoms with Crippen molar-refractivity contribution in [3.05, 3.63) is 63.6 Å².